The molecule has 4 rings (SSSR count). The van der Waals surface area contributed by atoms with Crippen molar-refractivity contribution in [3.8, 4) is 0 Å². The fourth-order valence-corrected chi connectivity index (χ4v) is 3.45. The summed E-state index contributed by atoms with van der Waals surface area (Å²) >= 11 is 6.00. The summed E-state index contributed by atoms with van der Waals surface area (Å²) in [6.07, 6.45) is -2.58. The fourth-order valence-electron chi connectivity index (χ4n) is 3.28. The largest absolute Gasteiger partial charge is 0.321 e. The van der Waals surface area contributed by atoms with Crippen LogP contribution in [0.25, 0.3) is 0 Å². The maximum absolute atomic E-state index is 14.9. The second-order valence-corrected chi connectivity index (χ2v) is 7.17. The predicted octanol–water partition coefficient (Wildman–Crippen LogP) is 4.10. The second kappa shape index (κ2) is 8.12. The minimum Gasteiger partial charge on any atom is -0.321 e. The first kappa shape index (κ1) is 20.4. The first-order valence-corrected chi connectivity index (χ1v) is 9.57. The average molecular weight is 437 g/mol. The molecule has 3 amide bonds. The molecular weight excluding hydrogens is 423 g/mol. The van der Waals surface area contributed by atoms with E-state index in [0.29, 0.717) is 5.56 Å². The van der Waals surface area contributed by atoms with Crippen LogP contribution in [-0.4, -0.2) is 34.7 Å². The van der Waals surface area contributed by atoms with E-state index in [-0.39, 0.29) is 32.3 Å². The number of fused-ring (bicyclic) bond motifs is 1. The monoisotopic (exact) mass is 436 g/mol. The molecule has 0 saturated heterocycles. The van der Waals surface area contributed by atoms with Crippen molar-refractivity contribution in [1.29, 1.82) is 0 Å². The van der Waals surface area contributed by atoms with Gasteiger partial charge in [0.1, 0.15) is 0 Å². The van der Waals surface area contributed by atoms with Gasteiger partial charge in [0, 0.05) is 16.1 Å². The van der Waals surface area contributed by atoms with Gasteiger partial charge in [0.25, 0.3) is 24.0 Å². The number of carbonyl (C=O) groups is 4. The fraction of sp³-hybridized carbons (Fsp3) is 0.0435. The molecule has 3 aromatic carbocycles. The Labute approximate surface area is 181 Å². The predicted molar refractivity (Wildman–Crippen MR) is 112 cm³/mol. The van der Waals surface area contributed by atoms with Crippen LogP contribution in [0.3, 0.4) is 0 Å². The maximum Gasteiger partial charge on any atom is 0.280 e. The highest BCUT2D eigenvalue weighted by Crippen LogP contribution is 2.27. The number of imide groups is 1. The number of halogens is 2. The van der Waals surface area contributed by atoms with Gasteiger partial charge in [0.15, 0.2) is 5.78 Å². The molecule has 0 spiro atoms. The van der Waals surface area contributed by atoms with Crippen molar-refractivity contribution >= 4 is 40.8 Å². The number of alkyl halides is 1. The molecule has 6 nitrogen and oxygen atoms in total. The van der Waals surface area contributed by atoms with Crippen molar-refractivity contribution < 1.29 is 23.6 Å². The number of hydrogen-bond acceptors (Lipinski definition) is 4. The van der Waals surface area contributed by atoms with E-state index in [1.54, 1.807) is 30.3 Å². The van der Waals surface area contributed by atoms with Gasteiger partial charge in [-0.25, -0.2) is 9.29 Å². The van der Waals surface area contributed by atoms with Gasteiger partial charge in [-0.15, -0.1) is 0 Å². The van der Waals surface area contributed by atoms with Crippen LogP contribution in [0.15, 0.2) is 72.8 Å². The summed E-state index contributed by atoms with van der Waals surface area (Å²) in [5, 5.41) is 2.54. The molecule has 0 saturated carbocycles. The Balaban J connectivity index is 1.60. The highest BCUT2D eigenvalue weighted by atomic mass is 35.5. The molecule has 1 aliphatic rings. The van der Waals surface area contributed by atoms with Gasteiger partial charge >= 0.3 is 0 Å². The number of hydrogen-bond donors (Lipinski definition) is 1. The lowest BCUT2D eigenvalue weighted by atomic mass is 10.0. The third-order valence-corrected chi connectivity index (χ3v) is 5.02. The van der Waals surface area contributed by atoms with E-state index in [9.17, 15) is 23.6 Å². The van der Waals surface area contributed by atoms with Crippen LogP contribution < -0.4 is 5.32 Å². The van der Waals surface area contributed by atoms with Crippen LogP contribution in [0.5, 0.6) is 0 Å². The van der Waals surface area contributed by atoms with Crippen molar-refractivity contribution in [3.05, 3.63) is 100 Å². The standard InChI is InChI=1S/C23H14ClFN2O4/c24-14-10-11-18(17(12-14)19(28)13-6-2-1-3-7-13)26-21(29)20(25)27-22(30)15-8-4-5-9-16(15)23(27)31/h1-12,20H,(H,26,29). The Kier molecular flexibility index (Phi) is 5.35. The van der Waals surface area contributed by atoms with E-state index < -0.39 is 29.8 Å². The van der Waals surface area contributed by atoms with E-state index in [1.165, 1.54) is 42.5 Å². The number of amides is 3. The molecule has 1 aliphatic heterocycles. The molecule has 1 heterocycles. The summed E-state index contributed by atoms with van der Waals surface area (Å²) in [6, 6.07) is 18.2. The Hall–Kier alpha value is -3.84. The van der Waals surface area contributed by atoms with Crippen LogP contribution in [0.4, 0.5) is 10.1 Å². The van der Waals surface area contributed by atoms with Crippen molar-refractivity contribution in [2.75, 3.05) is 5.32 Å². The molecule has 1 unspecified atom stereocenters. The molecule has 0 fully saturated rings. The zero-order valence-electron chi connectivity index (χ0n) is 15.8. The lowest BCUT2D eigenvalue weighted by Crippen LogP contribution is -2.44. The quantitative estimate of drug-likeness (QED) is 0.371. The summed E-state index contributed by atoms with van der Waals surface area (Å²) in [4.78, 5) is 50.5. The molecule has 0 radical (unpaired) electrons. The van der Waals surface area contributed by atoms with Crippen LogP contribution in [0, 0.1) is 0 Å². The lowest BCUT2D eigenvalue weighted by Gasteiger charge is -2.19. The van der Waals surface area contributed by atoms with Crippen molar-refractivity contribution in [3.63, 3.8) is 0 Å². The van der Waals surface area contributed by atoms with Gasteiger partial charge in [0.2, 0.25) is 0 Å². The number of nitrogens with zero attached hydrogens (tertiary/aromatic N) is 1. The zero-order chi connectivity index (χ0) is 22.1. The first-order chi connectivity index (χ1) is 14.9. The zero-order valence-corrected chi connectivity index (χ0v) is 16.6. The smallest absolute Gasteiger partial charge is 0.280 e. The van der Waals surface area contributed by atoms with Gasteiger partial charge in [-0.1, -0.05) is 54.1 Å². The summed E-state index contributed by atoms with van der Waals surface area (Å²) in [7, 11) is 0. The van der Waals surface area contributed by atoms with Crippen LogP contribution >= 0.6 is 11.6 Å². The van der Waals surface area contributed by atoms with Crippen molar-refractivity contribution in [2.45, 2.75) is 6.30 Å². The topological polar surface area (TPSA) is 83.6 Å². The van der Waals surface area contributed by atoms with E-state index in [4.69, 9.17) is 11.6 Å². The Bertz CT molecular complexity index is 1190. The van der Waals surface area contributed by atoms with E-state index >= 15 is 0 Å². The van der Waals surface area contributed by atoms with Crippen LogP contribution in [-0.2, 0) is 4.79 Å². The highest BCUT2D eigenvalue weighted by Gasteiger charge is 2.43. The minimum atomic E-state index is -2.58. The molecule has 3 aromatic rings. The summed E-state index contributed by atoms with van der Waals surface area (Å²) in [5.74, 6) is -3.51. The van der Waals surface area contributed by atoms with Gasteiger partial charge in [0.05, 0.1) is 16.8 Å². The number of ketones is 1. The van der Waals surface area contributed by atoms with Gasteiger partial charge in [-0.05, 0) is 30.3 Å². The Morgan fingerprint density at radius 3 is 2.06 bits per heavy atom. The molecular formula is C23H14ClFN2O4. The highest BCUT2D eigenvalue weighted by molar-refractivity contribution is 6.31. The Morgan fingerprint density at radius 2 is 1.45 bits per heavy atom. The normalized spacial score (nSPS) is 13.7. The SMILES string of the molecule is O=C(c1ccccc1)c1cc(Cl)ccc1NC(=O)C(F)N1C(=O)c2ccccc2C1=O. The maximum atomic E-state index is 14.9. The molecule has 154 valence electrons. The van der Waals surface area contributed by atoms with Crippen LogP contribution in [0.1, 0.15) is 36.6 Å². The molecule has 0 aromatic heterocycles. The lowest BCUT2D eigenvalue weighted by molar-refractivity contribution is -0.124. The third-order valence-electron chi connectivity index (χ3n) is 4.79. The van der Waals surface area contributed by atoms with E-state index in [0.717, 1.165) is 0 Å². The minimum absolute atomic E-state index is 0.00233. The van der Waals surface area contributed by atoms with Gasteiger partial charge < -0.3 is 5.32 Å². The summed E-state index contributed by atoms with van der Waals surface area (Å²) in [6.45, 7) is 0. The molecule has 31 heavy (non-hydrogen) atoms. The van der Waals surface area contributed by atoms with Crippen molar-refractivity contribution in [1.82, 2.24) is 4.90 Å². The number of benzene rings is 3. The van der Waals surface area contributed by atoms with E-state index in [1.807, 2.05) is 0 Å². The second-order valence-electron chi connectivity index (χ2n) is 6.74. The van der Waals surface area contributed by atoms with E-state index in [2.05, 4.69) is 5.32 Å². The van der Waals surface area contributed by atoms with Gasteiger partial charge in [-0.3, -0.25) is 19.2 Å². The van der Waals surface area contributed by atoms with Crippen molar-refractivity contribution in [2.24, 2.45) is 0 Å². The number of anilines is 1. The third kappa shape index (κ3) is 3.71. The first-order valence-electron chi connectivity index (χ1n) is 9.19. The summed E-state index contributed by atoms with van der Waals surface area (Å²) < 4.78 is 14.9. The van der Waals surface area contributed by atoms with Gasteiger partial charge in [-0.2, -0.15) is 0 Å². The number of nitrogens with one attached hydrogen (secondary N) is 1. The molecule has 0 bridgehead atoms. The number of carbonyl (C=O) groups excluding carboxylic acids is 4. The summed E-state index contributed by atoms with van der Waals surface area (Å²) in [5.41, 5.74) is 0.435. The molecule has 8 heteroatoms. The Morgan fingerprint density at radius 1 is 0.871 bits per heavy atom. The molecule has 1 atom stereocenters. The van der Waals surface area contributed by atoms with Crippen LogP contribution in [0.2, 0.25) is 5.02 Å². The molecule has 0 aliphatic carbocycles. The number of rotatable bonds is 5. The average Bonchev–Trinajstić information content (AvgIpc) is 3.04. The molecule has 1 N–H and O–H groups in total.